The summed E-state index contributed by atoms with van der Waals surface area (Å²) in [6.45, 7) is 13.7. The van der Waals surface area contributed by atoms with Gasteiger partial charge in [-0.1, -0.05) is 19.6 Å². The smallest absolute Gasteiger partial charge is 0.383 e. The van der Waals surface area contributed by atoms with Crippen molar-refractivity contribution in [2.45, 2.75) is 102 Å². The second kappa shape index (κ2) is 13.2. The number of aromatic nitrogens is 5. The third-order valence-corrected chi connectivity index (χ3v) is 12.4. The van der Waals surface area contributed by atoms with E-state index >= 15 is 0 Å². The number of nitrogen functional groups attached to an aromatic ring is 1. The third-order valence-electron chi connectivity index (χ3n) is 10.7. The fourth-order valence-corrected chi connectivity index (χ4v) is 9.08. The number of nitrogens with zero attached hydrogens (tertiary/aromatic N) is 6. The van der Waals surface area contributed by atoms with Crippen LogP contribution in [-0.2, 0) is 33.5 Å². The molecular weight excluding hydrogens is 664 g/mol. The number of imidazole rings is 1. The Balaban J connectivity index is 0.981. The van der Waals surface area contributed by atoms with Gasteiger partial charge in [-0.25, -0.2) is 15.0 Å². The number of halogens is 3. The van der Waals surface area contributed by atoms with Crippen molar-refractivity contribution >= 4 is 36.0 Å². The molecule has 10 nitrogen and oxygen atoms in total. The van der Waals surface area contributed by atoms with Crippen molar-refractivity contribution in [3.8, 4) is 0 Å². The maximum atomic E-state index is 13.5. The van der Waals surface area contributed by atoms with Crippen molar-refractivity contribution in [1.82, 2.24) is 29.0 Å². The van der Waals surface area contributed by atoms with Gasteiger partial charge in [0.05, 0.1) is 34.1 Å². The average Bonchev–Trinajstić information content (AvgIpc) is 3.74. The first kappa shape index (κ1) is 35.4. The Morgan fingerprint density at radius 3 is 2.54 bits per heavy atom. The van der Waals surface area contributed by atoms with Crippen LogP contribution in [0.2, 0.25) is 25.7 Å². The zero-order valence-electron chi connectivity index (χ0n) is 29.9. The summed E-state index contributed by atoms with van der Waals surface area (Å²) in [5.41, 5.74) is 7.34. The quantitative estimate of drug-likeness (QED) is 0.124. The molecule has 4 aromatic rings. The van der Waals surface area contributed by atoms with Gasteiger partial charge >= 0.3 is 6.18 Å². The number of benzene rings is 1. The van der Waals surface area contributed by atoms with Gasteiger partial charge in [-0.15, -0.1) is 0 Å². The lowest BCUT2D eigenvalue weighted by molar-refractivity contribution is -0.161. The molecule has 4 atom stereocenters. The average molecular weight is 714 g/mol. The standard InChI is InChI=1S/C36H50F3N7O3Si/c1-35(2)48-31-24(16-29(32(31)49-35)45-10-9-26-33(40)41-20-42-34(26)45)19-44(3)18-23-13-22(14-23)15-30-43-27-17-25(36(37,38)39)7-8-28(27)46(30)21-47-11-12-50(4,5)6/h7-10,17,20,22-24,29,31-32H,11-16,18-19,21H2,1-6H3,(H2,40,41,42)/t22?,23?,24-,29-,31-,32+/m1/s1. The minimum absolute atomic E-state index is 0.0259. The second-order valence-electron chi connectivity index (χ2n) is 16.5. The normalized spacial score (nSPS) is 26.7. The molecule has 14 heteroatoms. The molecule has 272 valence electrons. The van der Waals surface area contributed by atoms with Crippen LogP contribution in [0, 0.1) is 17.8 Å². The van der Waals surface area contributed by atoms with Crippen molar-refractivity contribution in [3.63, 3.8) is 0 Å². The number of anilines is 1. The lowest BCUT2D eigenvalue weighted by atomic mass is 9.73. The molecule has 0 amide bonds. The van der Waals surface area contributed by atoms with Gasteiger partial charge in [0, 0.05) is 46.3 Å². The SMILES string of the molecule is CN(CC1CC(Cc2nc3cc(C(F)(F)F)ccc3n2COCC[Si](C)(C)C)C1)C[C@H]1C[C@@H](n2ccc3c(N)ncnc32)[C@@H]2OC(C)(C)O[C@H]12. The summed E-state index contributed by atoms with van der Waals surface area (Å²) in [5.74, 6) is 1.88. The zero-order valence-corrected chi connectivity index (χ0v) is 30.9. The Morgan fingerprint density at radius 1 is 1.04 bits per heavy atom. The lowest BCUT2D eigenvalue weighted by Gasteiger charge is -2.38. The second-order valence-corrected chi connectivity index (χ2v) is 22.1. The third kappa shape index (κ3) is 7.32. The van der Waals surface area contributed by atoms with Crippen LogP contribution in [-0.4, -0.2) is 81.8 Å². The van der Waals surface area contributed by atoms with E-state index < -0.39 is 25.6 Å². The van der Waals surface area contributed by atoms with Gasteiger partial charge in [0.15, 0.2) is 5.79 Å². The summed E-state index contributed by atoms with van der Waals surface area (Å²) in [4.78, 5) is 15.8. The van der Waals surface area contributed by atoms with E-state index in [1.807, 2.05) is 30.7 Å². The first-order valence-electron chi connectivity index (χ1n) is 17.8. The molecule has 4 heterocycles. The largest absolute Gasteiger partial charge is 0.416 e. The topological polar surface area (TPSA) is 105 Å². The Morgan fingerprint density at radius 2 is 1.80 bits per heavy atom. The minimum atomic E-state index is -4.41. The molecule has 2 aliphatic carbocycles. The summed E-state index contributed by atoms with van der Waals surface area (Å²) in [5, 5.41) is 0.846. The number of rotatable bonds is 12. The molecule has 2 saturated carbocycles. The van der Waals surface area contributed by atoms with Crippen LogP contribution in [0.15, 0.2) is 36.8 Å². The first-order valence-corrected chi connectivity index (χ1v) is 21.5. The summed E-state index contributed by atoms with van der Waals surface area (Å²) in [7, 11) is 0.911. The molecule has 0 bridgehead atoms. The van der Waals surface area contributed by atoms with Crippen molar-refractivity contribution in [3.05, 3.63) is 48.2 Å². The Kier molecular flexibility index (Phi) is 9.32. The van der Waals surface area contributed by atoms with E-state index in [9.17, 15) is 13.2 Å². The van der Waals surface area contributed by atoms with E-state index in [1.165, 1.54) is 12.4 Å². The molecule has 1 aromatic carbocycles. The Labute approximate surface area is 292 Å². The van der Waals surface area contributed by atoms with E-state index in [4.69, 9.17) is 24.9 Å². The van der Waals surface area contributed by atoms with Crippen LogP contribution >= 0.6 is 0 Å². The molecule has 2 N–H and O–H groups in total. The van der Waals surface area contributed by atoms with Crippen LogP contribution in [0.4, 0.5) is 19.0 Å². The number of hydrogen-bond donors (Lipinski definition) is 1. The van der Waals surface area contributed by atoms with E-state index in [0.29, 0.717) is 42.0 Å². The van der Waals surface area contributed by atoms with Crippen LogP contribution < -0.4 is 5.73 Å². The monoisotopic (exact) mass is 713 g/mol. The summed E-state index contributed by atoms with van der Waals surface area (Å²) >= 11 is 0. The van der Waals surface area contributed by atoms with E-state index in [0.717, 1.165) is 73.8 Å². The molecule has 0 spiro atoms. The highest BCUT2D eigenvalue weighted by molar-refractivity contribution is 6.76. The predicted molar refractivity (Wildman–Crippen MR) is 189 cm³/mol. The predicted octanol–water partition coefficient (Wildman–Crippen LogP) is 6.98. The molecule has 0 unspecified atom stereocenters. The summed E-state index contributed by atoms with van der Waals surface area (Å²) in [6, 6.07) is 6.92. The number of hydrogen-bond acceptors (Lipinski definition) is 8. The van der Waals surface area contributed by atoms with Crippen molar-refractivity contribution in [2.24, 2.45) is 17.8 Å². The van der Waals surface area contributed by atoms with Crippen molar-refractivity contribution in [2.75, 3.05) is 32.5 Å². The number of fused-ring (bicyclic) bond motifs is 3. The highest BCUT2D eigenvalue weighted by Crippen LogP contribution is 2.48. The highest BCUT2D eigenvalue weighted by atomic mass is 28.3. The lowest BCUT2D eigenvalue weighted by Crippen LogP contribution is -2.39. The summed E-state index contributed by atoms with van der Waals surface area (Å²) in [6.07, 6.45) is 2.76. The van der Waals surface area contributed by atoms with E-state index in [2.05, 4.69) is 46.1 Å². The maximum Gasteiger partial charge on any atom is 0.416 e. The zero-order chi connectivity index (χ0) is 35.6. The molecule has 3 aromatic heterocycles. The maximum absolute atomic E-state index is 13.5. The van der Waals surface area contributed by atoms with Gasteiger partial charge in [-0.2, -0.15) is 13.2 Å². The number of nitrogens with two attached hydrogens (primary N) is 1. The Bertz CT molecular complexity index is 1830. The summed E-state index contributed by atoms with van der Waals surface area (Å²) < 4.78 is 63.7. The van der Waals surface area contributed by atoms with Gasteiger partial charge < -0.3 is 34.0 Å². The number of alkyl halides is 3. The minimum Gasteiger partial charge on any atom is -0.383 e. The highest BCUT2D eigenvalue weighted by Gasteiger charge is 2.55. The fraction of sp³-hybridized carbons (Fsp3) is 0.639. The molecule has 7 rings (SSSR count). The van der Waals surface area contributed by atoms with Crippen LogP contribution in [0.1, 0.15) is 50.5 Å². The van der Waals surface area contributed by atoms with Gasteiger partial charge in [0.25, 0.3) is 0 Å². The van der Waals surface area contributed by atoms with Gasteiger partial charge in [0.1, 0.15) is 36.5 Å². The fourth-order valence-electron chi connectivity index (χ4n) is 8.32. The molecule has 3 aliphatic rings. The molecule has 0 radical (unpaired) electrons. The van der Waals surface area contributed by atoms with Crippen LogP contribution in [0.5, 0.6) is 0 Å². The van der Waals surface area contributed by atoms with Gasteiger partial charge in [0.2, 0.25) is 0 Å². The van der Waals surface area contributed by atoms with Gasteiger partial charge in [-0.05, 0) is 82.3 Å². The van der Waals surface area contributed by atoms with Crippen LogP contribution in [0.25, 0.3) is 22.1 Å². The molecule has 1 aliphatic heterocycles. The van der Waals surface area contributed by atoms with Gasteiger partial charge in [-0.3, -0.25) is 0 Å². The van der Waals surface area contributed by atoms with E-state index in [-0.39, 0.29) is 24.2 Å². The van der Waals surface area contributed by atoms with Crippen molar-refractivity contribution in [1.29, 1.82) is 0 Å². The van der Waals surface area contributed by atoms with Crippen LogP contribution in [0.3, 0.4) is 0 Å². The first-order chi connectivity index (χ1) is 23.5. The molecule has 1 saturated heterocycles. The number of ether oxygens (including phenoxy) is 3. The molecule has 3 fully saturated rings. The molecular formula is C36H50F3N7O3Si. The van der Waals surface area contributed by atoms with E-state index in [1.54, 1.807) is 0 Å². The van der Waals surface area contributed by atoms with Crippen molar-refractivity contribution < 1.29 is 27.4 Å². The molecule has 50 heavy (non-hydrogen) atoms. The Hall–Kier alpha value is -3.04.